The normalized spacial score (nSPS) is 11.0. The Morgan fingerprint density at radius 3 is 2.81 bits per heavy atom. The second-order valence-electron chi connectivity index (χ2n) is 5.60. The summed E-state index contributed by atoms with van der Waals surface area (Å²) in [4.78, 5) is 20.3. The van der Waals surface area contributed by atoms with Crippen molar-refractivity contribution >= 4 is 11.7 Å². The number of hydrogen-bond donors (Lipinski definition) is 1. The average molecular weight is 377 g/mol. The molecule has 8 nitrogen and oxygen atoms in total. The Bertz CT molecular complexity index is 961. The number of ether oxygens (including phenoxy) is 2. The van der Waals surface area contributed by atoms with Crippen molar-refractivity contribution in [1.29, 1.82) is 0 Å². The molecule has 0 atom stereocenters. The van der Waals surface area contributed by atoms with Gasteiger partial charge in [0.05, 0.1) is 7.11 Å². The third-order valence-electron chi connectivity index (χ3n) is 3.78. The van der Waals surface area contributed by atoms with Gasteiger partial charge in [0.2, 0.25) is 5.82 Å². The van der Waals surface area contributed by atoms with E-state index in [-0.39, 0.29) is 23.9 Å². The van der Waals surface area contributed by atoms with Crippen LogP contribution in [0.5, 0.6) is 11.5 Å². The first-order chi connectivity index (χ1) is 13.0. The molecule has 3 rings (SSSR count). The van der Waals surface area contributed by atoms with Crippen LogP contribution in [0.4, 0.5) is 8.78 Å². The second-order valence-corrected chi connectivity index (χ2v) is 5.60. The van der Waals surface area contributed by atoms with Crippen LogP contribution in [0.25, 0.3) is 5.78 Å². The number of nitrogens with one attached hydrogen (secondary N) is 1. The minimum atomic E-state index is -2.95. The predicted octanol–water partition coefficient (Wildman–Crippen LogP) is 2.02. The Hall–Kier alpha value is -3.30. The van der Waals surface area contributed by atoms with Crippen LogP contribution in [0.3, 0.4) is 0 Å². The Morgan fingerprint density at radius 1 is 1.30 bits per heavy atom. The lowest BCUT2D eigenvalue weighted by Gasteiger charge is -2.11. The topological polar surface area (TPSA) is 90.6 Å². The number of carbonyl (C=O) groups excluding carboxylic acids is 1. The van der Waals surface area contributed by atoms with Gasteiger partial charge in [0.15, 0.2) is 11.5 Å². The summed E-state index contributed by atoms with van der Waals surface area (Å²) < 4.78 is 35.9. The molecule has 10 heteroatoms. The maximum atomic E-state index is 12.5. The van der Waals surface area contributed by atoms with E-state index in [9.17, 15) is 13.6 Å². The van der Waals surface area contributed by atoms with E-state index in [0.717, 1.165) is 5.69 Å². The molecule has 3 aromatic rings. The van der Waals surface area contributed by atoms with Crippen LogP contribution in [-0.4, -0.2) is 45.8 Å². The van der Waals surface area contributed by atoms with Crippen molar-refractivity contribution < 1.29 is 23.0 Å². The highest BCUT2D eigenvalue weighted by Crippen LogP contribution is 2.29. The Balaban J connectivity index is 1.63. The van der Waals surface area contributed by atoms with Crippen LogP contribution < -0.4 is 14.8 Å². The number of rotatable bonds is 7. The summed E-state index contributed by atoms with van der Waals surface area (Å²) in [6, 6.07) is 6.45. The fourth-order valence-corrected chi connectivity index (χ4v) is 2.47. The Morgan fingerprint density at radius 2 is 2.11 bits per heavy atom. The van der Waals surface area contributed by atoms with Gasteiger partial charge < -0.3 is 14.8 Å². The molecule has 1 N–H and O–H groups in total. The highest BCUT2D eigenvalue weighted by atomic mass is 19.3. The molecule has 0 saturated heterocycles. The summed E-state index contributed by atoms with van der Waals surface area (Å²) in [6.45, 7) is -0.860. The van der Waals surface area contributed by atoms with Gasteiger partial charge in [0.1, 0.15) is 0 Å². The first kappa shape index (κ1) is 18.5. The zero-order valence-corrected chi connectivity index (χ0v) is 14.6. The molecule has 0 fully saturated rings. The van der Waals surface area contributed by atoms with Crippen molar-refractivity contribution in [3.63, 3.8) is 0 Å². The lowest BCUT2D eigenvalue weighted by Crippen LogP contribution is -2.26. The molecule has 1 aromatic carbocycles. The highest BCUT2D eigenvalue weighted by Gasteiger charge is 2.15. The zero-order valence-electron chi connectivity index (χ0n) is 14.6. The third-order valence-corrected chi connectivity index (χ3v) is 3.78. The van der Waals surface area contributed by atoms with Gasteiger partial charge in [-0.05, 0) is 37.1 Å². The lowest BCUT2D eigenvalue weighted by atomic mass is 10.1. The number of aromatic nitrogens is 4. The van der Waals surface area contributed by atoms with Gasteiger partial charge in [-0.2, -0.15) is 13.8 Å². The second kappa shape index (κ2) is 7.94. The van der Waals surface area contributed by atoms with Crippen molar-refractivity contribution in [3.05, 3.63) is 47.5 Å². The first-order valence-corrected chi connectivity index (χ1v) is 8.06. The maximum absolute atomic E-state index is 12.5. The maximum Gasteiger partial charge on any atom is 0.387 e. The van der Waals surface area contributed by atoms with Gasteiger partial charge in [0, 0.05) is 18.4 Å². The van der Waals surface area contributed by atoms with E-state index in [0.29, 0.717) is 17.8 Å². The van der Waals surface area contributed by atoms with Crippen LogP contribution >= 0.6 is 0 Å². The van der Waals surface area contributed by atoms with Crippen LogP contribution in [0.15, 0.2) is 30.5 Å². The van der Waals surface area contributed by atoms with Gasteiger partial charge in [-0.3, -0.25) is 4.79 Å². The summed E-state index contributed by atoms with van der Waals surface area (Å²) in [7, 11) is 1.37. The number of hydrogen-bond acceptors (Lipinski definition) is 6. The molecule has 27 heavy (non-hydrogen) atoms. The average Bonchev–Trinajstić information content (AvgIpc) is 3.07. The molecule has 0 spiro atoms. The number of amides is 1. The number of alkyl halides is 2. The Kier molecular flexibility index (Phi) is 5.43. The van der Waals surface area contributed by atoms with E-state index in [2.05, 4.69) is 25.1 Å². The number of nitrogens with zero attached hydrogens (tertiary/aromatic N) is 4. The molecule has 2 aromatic heterocycles. The third kappa shape index (κ3) is 4.27. The van der Waals surface area contributed by atoms with E-state index >= 15 is 0 Å². The van der Waals surface area contributed by atoms with E-state index < -0.39 is 12.5 Å². The van der Waals surface area contributed by atoms with Crippen molar-refractivity contribution in [2.24, 2.45) is 0 Å². The summed E-state index contributed by atoms with van der Waals surface area (Å²) in [5.41, 5.74) is 1.50. The number of methoxy groups -OCH3 is 1. The largest absolute Gasteiger partial charge is 0.493 e. The molecule has 0 aliphatic carbocycles. The molecule has 0 saturated carbocycles. The Labute approximate surface area is 153 Å². The summed E-state index contributed by atoms with van der Waals surface area (Å²) >= 11 is 0. The lowest BCUT2D eigenvalue weighted by molar-refractivity contribution is -0.0512. The van der Waals surface area contributed by atoms with Crippen LogP contribution in [0.2, 0.25) is 0 Å². The highest BCUT2D eigenvalue weighted by molar-refractivity contribution is 5.90. The standard InChI is InChI=1S/C17H17F2N5O3/c1-10-5-7-21-17-22-14(23-24(10)17)15(25)20-8-6-11-3-4-12(26-2)13(9-11)27-16(18)19/h3-5,7,9,16H,6,8H2,1-2H3,(H,20,25). The van der Waals surface area contributed by atoms with E-state index in [1.54, 1.807) is 18.3 Å². The molecule has 0 radical (unpaired) electrons. The van der Waals surface area contributed by atoms with Crippen molar-refractivity contribution in [1.82, 2.24) is 24.9 Å². The van der Waals surface area contributed by atoms with E-state index in [1.807, 2.05) is 6.92 Å². The fraction of sp³-hybridized carbons (Fsp3) is 0.294. The van der Waals surface area contributed by atoms with Gasteiger partial charge in [-0.15, -0.1) is 5.10 Å². The van der Waals surface area contributed by atoms with Crippen molar-refractivity contribution in [3.8, 4) is 11.5 Å². The molecule has 1 amide bonds. The quantitative estimate of drug-likeness (QED) is 0.677. The van der Waals surface area contributed by atoms with Crippen LogP contribution in [-0.2, 0) is 6.42 Å². The number of benzene rings is 1. The summed E-state index contributed by atoms with van der Waals surface area (Å²) in [5, 5.41) is 6.81. The minimum Gasteiger partial charge on any atom is -0.493 e. The van der Waals surface area contributed by atoms with Gasteiger partial charge in [-0.25, -0.2) is 9.50 Å². The monoisotopic (exact) mass is 377 g/mol. The minimum absolute atomic E-state index is 0.00764. The number of fused-ring (bicyclic) bond motifs is 1. The molecule has 142 valence electrons. The molecule has 0 aliphatic rings. The number of carbonyl (C=O) groups is 1. The van der Waals surface area contributed by atoms with Gasteiger partial charge in [-0.1, -0.05) is 6.07 Å². The summed E-state index contributed by atoms with van der Waals surface area (Å²) in [6.07, 6.45) is 1.99. The predicted molar refractivity (Wildman–Crippen MR) is 91.2 cm³/mol. The van der Waals surface area contributed by atoms with Gasteiger partial charge >= 0.3 is 6.61 Å². The van der Waals surface area contributed by atoms with E-state index in [4.69, 9.17) is 4.74 Å². The SMILES string of the molecule is COc1ccc(CCNC(=O)c2nc3nccc(C)n3n2)cc1OC(F)F. The first-order valence-electron chi connectivity index (χ1n) is 8.06. The zero-order chi connectivity index (χ0) is 19.4. The van der Waals surface area contributed by atoms with Crippen molar-refractivity contribution in [2.75, 3.05) is 13.7 Å². The molecular weight excluding hydrogens is 360 g/mol. The fourth-order valence-electron chi connectivity index (χ4n) is 2.47. The summed E-state index contributed by atoms with van der Waals surface area (Å²) in [5.74, 6) is 0.0505. The van der Waals surface area contributed by atoms with Crippen LogP contribution in [0, 0.1) is 6.92 Å². The molecule has 0 unspecified atom stereocenters. The molecule has 0 bridgehead atoms. The van der Waals surface area contributed by atoms with Crippen LogP contribution in [0.1, 0.15) is 21.9 Å². The molecular formula is C17H17F2N5O3. The van der Waals surface area contributed by atoms with Gasteiger partial charge in [0.25, 0.3) is 11.7 Å². The molecule has 0 aliphatic heterocycles. The molecule has 2 heterocycles. The number of aryl methyl sites for hydroxylation is 1. The smallest absolute Gasteiger partial charge is 0.387 e. The number of halogens is 2. The van der Waals surface area contributed by atoms with E-state index in [1.165, 1.54) is 23.8 Å². The van der Waals surface area contributed by atoms with Crippen molar-refractivity contribution in [2.45, 2.75) is 20.0 Å².